The fraction of sp³-hybridized carbons (Fsp3) is 0. The molecule has 234 valence electrons. The number of benzene rings is 4. The number of hydrogen-bond acceptors (Lipinski definition) is 2. The topological polar surface area (TPSA) is 54.0 Å². The van der Waals surface area contributed by atoms with Gasteiger partial charge in [0.25, 0.3) is 0 Å². The number of terminal acetylenes is 1. The summed E-state index contributed by atoms with van der Waals surface area (Å²) in [6.07, 6.45) is 14.4. The van der Waals surface area contributed by atoms with Crippen LogP contribution in [0, 0.1) is 12.3 Å². The maximum absolute atomic E-state index is 6.07. The molecular weight excluding hydrogens is 674 g/mol. The van der Waals surface area contributed by atoms with Gasteiger partial charge in [-0.15, -0.1) is 28.5 Å². The molecule has 0 amide bonds. The number of nitrogens with zero attached hydrogens (tertiary/aromatic N) is 4. The van der Waals surface area contributed by atoms with Crippen LogP contribution in [0.1, 0.15) is 28.3 Å². The normalized spacial score (nSPS) is 11.6. The molecule has 5 heterocycles. The second-order valence-corrected chi connectivity index (χ2v) is 12.2. The SMILES string of the molecule is C#Cc1ccccc1-c1c2nc(c(-c3ccccc3)c3ccc([n-]3)c(-c3ccccc3)c3nc(c(-c4ccccc4)c4ccc1[n-]4)C=C3)C=C2.[Zn+2]. The van der Waals surface area contributed by atoms with Crippen molar-refractivity contribution in [3.63, 3.8) is 0 Å². The minimum Gasteiger partial charge on any atom is -0.657 e. The van der Waals surface area contributed by atoms with Crippen molar-refractivity contribution in [2.24, 2.45) is 0 Å². The summed E-state index contributed by atoms with van der Waals surface area (Å²) in [5.74, 6) is 2.89. The Morgan fingerprint density at radius 1 is 0.392 bits per heavy atom. The molecule has 4 aromatic carbocycles. The van der Waals surface area contributed by atoms with Gasteiger partial charge in [0.05, 0.1) is 22.8 Å². The molecule has 0 radical (unpaired) electrons. The summed E-state index contributed by atoms with van der Waals surface area (Å²) in [6, 6.07) is 47.3. The van der Waals surface area contributed by atoms with E-state index in [2.05, 4.69) is 103 Å². The van der Waals surface area contributed by atoms with Crippen molar-refractivity contribution in [3.8, 4) is 56.9 Å². The van der Waals surface area contributed by atoms with Gasteiger partial charge in [0.1, 0.15) is 0 Å². The molecule has 0 fully saturated rings. The smallest absolute Gasteiger partial charge is 0.657 e. The standard InChI is InChI=1S/C46H28N4.Zn/c1-2-30-14-12-13-21-34(30)46-41-28-26-39(49-41)44(32-17-8-4-9-18-32)37-24-22-35(47-37)43(31-15-6-3-7-16-31)36-23-25-38(48-36)45(33-19-10-5-11-20-33)40-27-29-42(46)50-40;/h1,3-29H;/q-2;+2. The van der Waals surface area contributed by atoms with Crippen LogP contribution in [0.5, 0.6) is 0 Å². The van der Waals surface area contributed by atoms with Crippen molar-refractivity contribution < 1.29 is 19.5 Å². The summed E-state index contributed by atoms with van der Waals surface area (Å²) in [6.45, 7) is 0. The third-order valence-electron chi connectivity index (χ3n) is 9.15. The van der Waals surface area contributed by atoms with E-state index < -0.39 is 0 Å². The Balaban J connectivity index is 0.00000374. The second-order valence-electron chi connectivity index (χ2n) is 12.2. The van der Waals surface area contributed by atoms with E-state index in [-0.39, 0.29) is 19.5 Å². The predicted octanol–water partition coefficient (Wildman–Crippen LogP) is 10.6. The van der Waals surface area contributed by atoms with E-state index in [0.717, 1.165) is 94.9 Å². The summed E-state index contributed by atoms with van der Waals surface area (Å²) in [7, 11) is 0. The Hall–Kier alpha value is -6.34. The molecule has 4 nitrogen and oxygen atoms in total. The van der Waals surface area contributed by atoms with E-state index in [1.54, 1.807) is 0 Å². The van der Waals surface area contributed by atoms with Gasteiger partial charge in [-0.25, -0.2) is 9.97 Å². The third-order valence-corrected chi connectivity index (χ3v) is 9.15. The quantitative estimate of drug-likeness (QED) is 0.135. The first-order valence-electron chi connectivity index (χ1n) is 16.5. The van der Waals surface area contributed by atoms with Crippen LogP contribution in [-0.2, 0) is 19.5 Å². The van der Waals surface area contributed by atoms with Crippen LogP contribution in [0.3, 0.4) is 0 Å². The Kier molecular flexibility index (Phi) is 8.46. The maximum atomic E-state index is 6.07. The molecule has 51 heavy (non-hydrogen) atoms. The molecule has 7 aromatic rings. The second kappa shape index (κ2) is 13.5. The van der Waals surface area contributed by atoms with Gasteiger partial charge in [0.15, 0.2) is 0 Å². The van der Waals surface area contributed by atoms with Gasteiger partial charge in [0.2, 0.25) is 0 Å². The molecule has 0 aliphatic carbocycles. The Morgan fingerprint density at radius 2 is 0.725 bits per heavy atom. The minimum atomic E-state index is 0. The molecule has 8 bridgehead atoms. The van der Waals surface area contributed by atoms with E-state index in [0.29, 0.717) is 0 Å². The Bertz CT molecular complexity index is 2660. The maximum Gasteiger partial charge on any atom is 2.00 e. The molecular formula is C46H28N4Zn. The molecule has 2 aliphatic rings. The fourth-order valence-corrected chi connectivity index (χ4v) is 6.89. The number of aromatic nitrogens is 4. The van der Waals surface area contributed by atoms with Crippen LogP contribution in [-0.4, -0.2) is 9.97 Å². The molecule has 3 aromatic heterocycles. The number of rotatable bonds is 4. The first-order chi connectivity index (χ1) is 24.7. The van der Waals surface area contributed by atoms with Gasteiger partial charge in [-0.2, -0.15) is 0 Å². The van der Waals surface area contributed by atoms with Crippen molar-refractivity contribution in [2.45, 2.75) is 0 Å². The van der Waals surface area contributed by atoms with Crippen LogP contribution in [0.25, 0.3) is 90.9 Å². The van der Waals surface area contributed by atoms with Gasteiger partial charge in [0, 0.05) is 5.56 Å². The third kappa shape index (κ3) is 5.76. The van der Waals surface area contributed by atoms with E-state index >= 15 is 0 Å². The molecule has 9 rings (SSSR count). The summed E-state index contributed by atoms with van der Waals surface area (Å²) in [5.41, 5.74) is 15.0. The average molecular weight is 702 g/mol. The zero-order valence-electron chi connectivity index (χ0n) is 27.7. The van der Waals surface area contributed by atoms with Gasteiger partial charge in [-0.1, -0.05) is 139 Å². The van der Waals surface area contributed by atoms with Crippen molar-refractivity contribution in [1.82, 2.24) is 19.9 Å². The predicted molar refractivity (Wildman–Crippen MR) is 206 cm³/mol. The van der Waals surface area contributed by atoms with Crippen LogP contribution >= 0.6 is 0 Å². The summed E-state index contributed by atoms with van der Waals surface area (Å²) in [4.78, 5) is 21.2. The zero-order chi connectivity index (χ0) is 33.4. The fourth-order valence-electron chi connectivity index (χ4n) is 6.89. The number of hydrogen-bond donors (Lipinski definition) is 0. The van der Waals surface area contributed by atoms with E-state index in [1.807, 2.05) is 66.7 Å². The molecule has 0 saturated carbocycles. The molecule has 0 unspecified atom stereocenters. The van der Waals surface area contributed by atoms with Crippen molar-refractivity contribution in [3.05, 3.63) is 168 Å². The summed E-state index contributed by atoms with van der Waals surface area (Å²) < 4.78 is 0. The molecule has 0 spiro atoms. The monoisotopic (exact) mass is 700 g/mol. The van der Waals surface area contributed by atoms with Crippen molar-refractivity contribution in [2.75, 3.05) is 0 Å². The molecule has 2 aliphatic heterocycles. The van der Waals surface area contributed by atoms with Crippen LogP contribution in [0.2, 0.25) is 0 Å². The number of fused-ring (bicyclic) bond motifs is 8. The van der Waals surface area contributed by atoms with E-state index in [9.17, 15) is 0 Å². The largest absolute Gasteiger partial charge is 2.00 e. The average Bonchev–Trinajstić information content (AvgIpc) is 4.01. The van der Waals surface area contributed by atoms with Crippen LogP contribution in [0.4, 0.5) is 0 Å². The van der Waals surface area contributed by atoms with Gasteiger partial charge in [-0.3, -0.25) is 0 Å². The molecule has 0 N–H and O–H groups in total. The molecule has 0 saturated heterocycles. The van der Waals surface area contributed by atoms with Gasteiger partial charge < -0.3 is 9.97 Å². The minimum absolute atomic E-state index is 0. The first-order valence-corrected chi connectivity index (χ1v) is 16.5. The first kappa shape index (κ1) is 31.9. The van der Waals surface area contributed by atoms with Gasteiger partial charge in [-0.05, 0) is 74.9 Å². The summed E-state index contributed by atoms with van der Waals surface area (Å²) in [5, 5.41) is 0. The van der Waals surface area contributed by atoms with E-state index in [1.165, 1.54) is 0 Å². The van der Waals surface area contributed by atoms with Crippen molar-refractivity contribution >= 4 is 46.4 Å². The van der Waals surface area contributed by atoms with Crippen LogP contribution in [0.15, 0.2) is 140 Å². The summed E-state index contributed by atoms with van der Waals surface area (Å²) >= 11 is 0. The van der Waals surface area contributed by atoms with E-state index in [4.69, 9.17) is 26.4 Å². The molecule has 0 atom stereocenters. The van der Waals surface area contributed by atoms with Gasteiger partial charge >= 0.3 is 19.5 Å². The Labute approximate surface area is 309 Å². The zero-order valence-corrected chi connectivity index (χ0v) is 30.6. The Morgan fingerprint density at radius 3 is 1.12 bits per heavy atom. The van der Waals surface area contributed by atoms with Crippen LogP contribution < -0.4 is 9.97 Å². The van der Waals surface area contributed by atoms with Crippen molar-refractivity contribution in [1.29, 1.82) is 0 Å². The molecule has 5 heteroatoms.